The van der Waals surface area contributed by atoms with Gasteiger partial charge in [0.05, 0.1) is 0 Å². The number of aryl methyl sites for hydroxylation is 2. The van der Waals surface area contributed by atoms with Crippen molar-refractivity contribution in [1.82, 2.24) is 4.81 Å². The predicted octanol–water partition coefficient (Wildman–Crippen LogP) is 0.468. The van der Waals surface area contributed by atoms with Gasteiger partial charge in [0, 0.05) is 22.7 Å². The highest BCUT2D eigenvalue weighted by molar-refractivity contribution is 6.82. The van der Waals surface area contributed by atoms with Gasteiger partial charge in [-0.3, -0.25) is 0 Å². The Morgan fingerprint density at radius 2 is 2.00 bits per heavy atom. The summed E-state index contributed by atoms with van der Waals surface area (Å²) in [4.78, 5) is 2.25. The minimum absolute atomic E-state index is 0.179. The number of nitrogens with zero attached hydrogens (tertiary/aromatic N) is 2. The Kier molecular flexibility index (Phi) is 2.86. The first-order valence-corrected chi connectivity index (χ1v) is 7.53. The summed E-state index contributed by atoms with van der Waals surface area (Å²) in [6, 6.07) is 12.6. The molecule has 3 heterocycles. The first-order valence-electron chi connectivity index (χ1n) is 7.53. The molecule has 4 rings (SSSR count). The molecule has 0 amide bonds. The van der Waals surface area contributed by atoms with Crippen LogP contribution in [-0.2, 0) is 7.05 Å². The van der Waals surface area contributed by atoms with Gasteiger partial charge in [-0.25, -0.2) is 4.57 Å². The molecule has 1 aliphatic rings. The van der Waals surface area contributed by atoms with E-state index in [1.54, 1.807) is 0 Å². The maximum Gasteiger partial charge on any atom is 0.399 e. The number of pyridine rings is 1. The molecule has 1 aliphatic heterocycles. The second kappa shape index (κ2) is 4.77. The SMILES string of the molecule is Cc1cc[n+](C)c(B2C=c3oc4ccccc4c3=CN2C)c1. The maximum atomic E-state index is 6.04. The van der Waals surface area contributed by atoms with Crippen LogP contribution in [0.5, 0.6) is 0 Å². The van der Waals surface area contributed by atoms with Crippen molar-refractivity contribution in [3.8, 4) is 0 Å². The van der Waals surface area contributed by atoms with E-state index in [1.165, 1.54) is 21.8 Å². The highest BCUT2D eigenvalue weighted by Crippen LogP contribution is 2.09. The van der Waals surface area contributed by atoms with Crippen molar-refractivity contribution in [2.75, 3.05) is 7.05 Å². The number of fused-ring (bicyclic) bond motifs is 3. The van der Waals surface area contributed by atoms with Gasteiger partial charge in [-0.15, -0.1) is 0 Å². The number of para-hydroxylation sites is 1. The van der Waals surface area contributed by atoms with Gasteiger partial charge < -0.3 is 9.23 Å². The molecule has 0 radical (unpaired) electrons. The zero-order chi connectivity index (χ0) is 15.3. The van der Waals surface area contributed by atoms with E-state index in [4.69, 9.17) is 4.42 Å². The van der Waals surface area contributed by atoms with Crippen LogP contribution < -0.4 is 20.8 Å². The van der Waals surface area contributed by atoms with Gasteiger partial charge in [-0.2, -0.15) is 0 Å². The lowest BCUT2D eigenvalue weighted by atomic mass is 9.56. The molecule has 0 aliphatic carbocycles. The Labute approximate surface area is 129 Å². The zero-order valence-corrected chi connectivity index (χ0v) is 13.1. The summed E-state index contributed by atoms with van der Waals surface area (Å²) in [5.74, 6) is 2.21. The summed E-state index contributed by atoms with van der Waals surface area (Å²) in [6.07, 6.45) is 4.30. The molecule has 108 valence electrons. The molecular weight excluding hydrogens is 271 g/mol. The first-order chi connectivity index (χ1) is 10.6. The fourth-order valence-electron chi connectivity index (χ4n) is 3.17. The first kappa shape index (κ1) is 13.2. The number of hydrogen-bond donors (Lipinski definition) is 0. The molecule has 0 fully saturated rings. The molecule has 3 aromatic rings. The van der Waals surface area contributed by atoms with Crippen LogP contribution in [0.2, 0.25) is 0 Å². The smallest absolute Gasteiger partial charge is 0.399 e. The third kappa shape index (κ3) is 1.95. The van der Waals surface area contributed by atoms with E-state index in [-0.39, 0.29) is 6.85 Å². The minimum atomic E-state index is 0.179. The normalized spacial score (nSPS) is 13.8. The third-order valence-corrected chi connectivity index (χ3v) is 4.39. The summed E-state index contributed by atoms with van der Waals surface area (Å²) < 4.78 is 8.21. The number of furan rings is 1. The maximum absolute atomic E-state index is 6.04. The molecule has 0 saturated heterocycles. The Morgan fingerprint density at radius 3 is 2.86 bits per heavy atom. The fraction of sp³-hybridized carbons (Fsp3) is 0.167. The van der Waals surface area contributed by atoms with E-state index in [0.29, 0.717) is 0 Å². The van der Waals surface area contributed by atoms with Crippen LogP contribution in [0.3, 0.4) is 0 Å². The van der Waals surface area contributed by atoms with Crippen molar-refractivity contribution < 1.29 is 8.98 Å². The molecule has 0 N–H and O–H groups in total. The monoisotopic (exact) mass is 289 g/mol. The van der Waals surface area contributed by atoms with Crippen molar-refractivity contribution in [2.45, 2.75) is 6.92 Å². The molecule has 0 spiro atoms. The van der Waals surface area contributed by atoms with Crippen LogP contribution in [0.15, 0.2) is 47.0 Å². The number of hydrogen-bond acceptors (Lipinski definition) is 2. The molecule has 4 heteroatoms. The van der Waals surface area contributed by atoms with E-state index in [0.717, 1.165) is 11.0 Å². The predicted molar refractivity (Wildman–Crippen MR) is 89.9 cm³/mol. The van der Waals surface area contributed by atoms with Crippen LogP contribution in [0, 0.1) is 6.92 Å². The lowest BCUT2D eigenvalue weighted by molar-refractivity contribution is -0.654. The van der Waals surface area contributed by atoms with Crippen LogP contribution in [0.25, 0.3) is 23.1 Å². The molecule has 0 atom stereocenters. The topological polar surface area (TPSA) is 20.3 Å². The summed E-state index contributed by atoms with van der Waals surface area (Å²) in [5.41, 5.74) is 4.43. The average Bonchev–Trinajstić information content (AvgIpc) is 2.87. The Hall–Kier alpha value is -2.49. The van der Waals surface area contributed by atoms with E-state index in [2.05, 4.69) is 73.0 Å². The summed E-state index contributed by atoms with van der Waals surface area (Å²) in [7, 11) is 4.21. The highest BCUT2D eigenvalue weighted by atomic mass is 16.3. The van der Waals surface area contributed by atoms with Gasteiger partial charge >= 0.3 is 6.85 Å². The second-order valence-electron chi connectivity index (χ2n) is 6.02. The lowest BCUT2D eigenvalue weighted by Crippen LogP contribution is -2.60. The van der Waals surface area contributed by atoms with Crippen molar-refractivity contribution >= 4 is 35.6 Å². The Morgan fingerprint density at radius 1 is 1.18 bits per heavy atom. The second-order valence-corrected chi connectivity index (χ2v) is 6.02. The molecule has 2 aromatic heterocycles. The molecular formula is C18H18BN2O+. The van der Waals surface area contributed by atoms with E-state index in [1.807, 2.05) is 12.1 Å². The fourth-order valence-corrected chi connectivity index (χ4v) is 3.17. The molecule has 1 aromatic carbocycles. The lowest BCUT2D eigenvalue weighted by Gasteiger charge is -2.20. The Balaban J connectivity index is 1.96. The number of aromatic nitrogens is 1. The van der Waals surface area contributed by atoms with Crippen molar-refractivity contribution in [2.24, 2.45) is 7.05 Å². The van der Waals surface area contributed by atoms with E-state index in [9.17, 15) is 0 Å². The molecule has 0 saturated carbocycles. The van der Waals surface area contributed by atoms with Gasteiger partial charge in [0.1, 0.15) is 18.0 Å². The van der Waals surface area contributed by atoms with Crippen LogP contribution >= 0.6 is 0 Å². The van der Waals surface area contributed by atoms with Crippen LogP contribution in [0.1, 0.15) is 5.56 Å². The highest BCUT2D eigenvalue weighted by Gasteiger charge is 2.30. The zero-order valence-electron chi connectivity index (χ0n) is 13.1. The van der Waals surface area contributed by atoms with Gasteiger partial charge in [-0.1, -0.05) is 18.2 Å². The summed E-state index contributed by atoms with van der Waals surface area (Å²) in [5, 5.41) is 2.34. The molecule has 22 heavy (non-hydrogen) atoms. The van der Waals surface area contributed by atoms with E-state index < -0.39 is 0 Å². The number of rotatable bonds is 1. The van der Waals surface area contributed by atoms with Gasteiger partial charge in [0.25, 0.3) is 0 Å². The summed E-state index contributed by atoms with van der Waals surface area (Å²) >= 11 is 0. The molecule has 0 bridgehead atoms. The molecule has 3 nitrogen and oxygen atoms in total. The van der Waals surface area contributed by atoms with Crippen molar-refractivity contribution in [3.63, 3.8) is 0 Å². The van der Waals surface area contributed by atoms with Crippen molar-refractivity contribution in [1.29, 1.82) is 0 Å². The molecule has 0 unspecified atom stereocenters. The minimum Gasteiger partial charge on any atom is -0.457 e. The quantitative estimate of drug-likeness (QED) is 0.479. The summed E-state index contributed by atoms with van der Waals surface area (Å²) in [6.45, 7) is 2.31. The van der Waals surface area contributed by atoms with Gasteiger partial charge in [0.15, 0.2) is 11.8 Å². The Bertz CT molecular complexity index is 990. The largest absolute Gasteiger partial charge is 0.457 e. The van der Waals surface area contributed by atoms with Crippen LogP contribution in [-0.4, -0.2) is 18.7 Å². The number of benzene rings is 1. The van der Waals surface area contributed by atoms with Gasteiger partial charge in [-0.05, 0) is 37.8 Å². The van der Waals surface area contributed by atoms with Crippen LogP contribution in [0.4, 0.5) is 0 Å². The average molecular weight is 289 g/mol. The van der Waals surface area contributed by atoms with E-state index >= 15 is 0 Å². The third-order valence-electron chi connectivity index (χ3n) is 4.39. The van der Waals surface area contributed by atoms with Gasteiger partial charge in [0.2, 0.25) is 0 Å². The standard InChI is InChI=1S/C18H18BN2O/c1-13-8-9-20(2)18(10-13)19-11-17-15(12-21(19)3)14-6-4-5-7-16(14)22-17/h4-12H,1-3H3/q+1. The van der Waals surface area contributed by atoms with Crippen molar-refractivity contribution in [3.05, 3.63) is 58.8 Å².